The molecule has 1 aliphatic rings. The minimum Gasteiger partial charge on any atom is -0.280 e. The summed E-state index contributed by atoms with van der Waals surface area (Å²) in [4.78, 5) is 15.4. The van der Waals surface area contributed by atoms with Gasteiger partial charge in [0.1, 0.15) is 0 Å². The molecule has 4 rings (SSSR count). The van der Waals surface area contributed by atoms with Gasteiger partial charge in [-0.1, -0.05) is 32.9 Å². The van der Waals surface area contributed by atoms with Gasteiger partial charge in [0.2, 0.25) is 10.5 Å². The summed E-state index contributed by atoms with van der Waals surface area (Å²) in [6.45, 7) is 8.07. The molecule has 1 aromatic carbocycles. The van der Waals surface area contributed by atoms with Crippen LogP contribution in [-0.2, 0) is 23.1 Å². The summed E-state index contributed by atoms with van der Waals surface area (Å²) >= 11 is 5.82. The maximum atomic E-state index is 13.3. The Labute approximate surface area is 193 Å². The lowest BCUT2D eigenvalue weighted by Gasteiger charge is -2.27. The van der Waals surface area contributed by atoms with E-state index < -0.39 is 9.84 Å². The molecule has 1 fully saturated rings. The third-order valence-electron chi connectivity index (χ3n) is 6.17. The predicted octanol–water partition coefficient (Wildman–Crippen LogP) is 3.08. The first-order valence-corrected chi connectivity index (χ1v) is 13.5. The SMILES string of the molecule is CCCN(Cn1nc2n(CCC(C)C)c(=O)c3ccccc3n2c1=S)C1CCS(=O)(=O)C1. The van der Waals surface area contributed by atoms with Crippen LogP contribution < -0.4 is 5.56 Å². The van der Waals surface area contributed by atoms with E-state index in [0.717, 1.165) is 24.9 Å². The van der Waals surface area contributed by atoms with Crippen molar-refractivity contribution in [3.8, 4) is 0 Å². The van der Waals surface area contributed by atoms with Crippen molar-refractivity contribution in [3.05, 3.63) is 39.4 Å². The van der Waals surface area contributed by atoms with Gasteiger partial charge < -0.3 is 0 Å². The molecule has 1 atom stereocenters. The van der Waals surface area contributed by atoms with Crippen molar-refractivity contribution in [1.29, 1.82) is 0 Å². The van der Waals surface area contributed by atoms with Crippen molar-refractivity contribution in [2.75, 3.05) is 18.1 Å². The Morgan fingerprint density at radius 2 is 2.03 bits per heavy atom. The Morgan fingerprint density at radius 1 is 1.28 bits per heavy atom. The van der Waals surface area contributed by atoms with E-state index in [1.165, 1.54) is 0 Å². The van der Waals surface area contributed by atoms with Gasteiger partial charge in [0, 0.05) is 12.6 Å². The molecule has 0 N–H and O–H groups in total. The molecule has 8 nitrogen and oxygen atoms in total. The van der Waals surface area contributed by atoms with E-state index in [2.05, 4.69) is 25.7 Å². The Bertz CT molecular complexity index is 1350. The summed E-state index contributed by atoms with van der Waals surface area (Å²) in [5.74, 6) is 1.39. The number of hydrogen-bond acceptors (Lipinski definition) is 6. The minimum absolute atomic E-state index is 0.0356. The third kappa shape index (κ3) is 4.40. The second-order valence-electron chi connectivity index (χ2n) is 9.08. The highest BCUT2D eigenvalue weighted by molar-refractivity contribution is 7.91. The van der Waals surface area contributed by atoms with E-state index in [-0.39, 0.29) is 23.1 Å². The molecule has 3 aromatic rings. The standard InChI is InChI=1S/C22H31N5O3S2/c1-4-11-24(17-10-13-32(29,30)14-17)15-26-22(31)27-19-8-6-5-7-18(19)20(28)25(21(27)23-26)12-9-16(2)3/h5-8,16-17H,4,9-15H2,1-3H3. The van der Waals surface area contributed by atoms with Crippen LogP contribution in [0.25, 0.3) is 16.7 Å². The first-order valence-electron chi connectivity index (χ1n) is 11.3. The van der Waals surface area contributed by atoms with Gasteiger partial charge in [-0.2, -0.15) is 0 Å². The lowest BCUT2D eigenvalue weighted by molar-refractivity contribution is 0.155. The fraction of sp³-hybridized carbons (Fsp3) is 0.591. The normalized spacial score (nSPS) is 18.5. The third-order valence-corrected chi connectivity index (χ3v) is 8.31. The van der Waals surface area contributed by atoms with Crippen LogP contribution in [0.15, 0.2) is 29.1 Å². The van der Waals surface area contributed by atoms with Crippen LogP contribution >= 0.6 is 12.2 Å². The topological polar surface area (TPSA) is 81.6 Å². The Morgan fingerprint density at radius 3 is 2.69 bits per heavy atom. The highest BCUT2D eigenvalue weighted by atomic mass is 32.2. The summed E-state index contributed by atoms with van der Waals surface area (Å²) in [5.41, 5.74) is 0.684. The van der Waals surface area contributed by atoms with Gasteiger partial charge in [0.15, 0.2) is 9.84 Å². The zero-order valence-corrected chi connectivity index (χ0v) is 20.5. The fourth-order valence-electron chi connectivity index (χ4n) is 4.44. The molecule has 0 radical (unpaired) electrons. The highest BCUT2D eigenvalue weighted by Crippen LogP contribution is 2.20. The molecule has 0 bridgehead atoms. The zero-order chi connectivity index (χ0) is 23.0. The lowest BCUT2D eigenvalue weighted by Crippen LogP contribution is -2.38. The van der Waals surface area contributed by atoms with Crippen LogP contribution in [0.2, 0.25) is 0 Å². The maximum absolute atomic E-state index is 13.3. The molecule has 0 saturated carbocycles. The van der Waals surface area contributed by atoms with Gasteiger partial charge in [-0.25, -0.2) is 13.1 Å². The first kappa shape index (κ1) is 23.1. The number of para-hydroxylation sites is 1. The predicted molar refractivity (Wildman–Crippen MR) is 129 cm³/mol. The average Bonchev–Trinajstić information content (AvgIpc) is 3.27. The largest absolute Gasteiger partial charge is 0.280 e. The number of nitrogens with zero attached hydrogens (tertiary/aromatic N) is 5. The molecule has 1 saturated heterocycles. The summed E-state index contributed by atoms with van der Waals surface area (Å²) in [7, 11) is -2.99. The van der Waals surface area contributed by atoms with Gasteiger partial charge >= 0.3 is 0 Å². The van der Waals surface area contributed by atoms with E-state index in [1.807, 2.05) is 28.7 Å². The Hall–Kier alpha value is -2.04. The van der Waals surface area contributed by atoms with E-state index in [4.69, 9.17) is 17.3 Å². The van der Waals surface area contributed by atoms with Crippen LogP contribution in [0.5, 0.6) is 0 Å². The average molecular weight is 478 g/mol. The lowest BCUT2D eigenvalue weighted by atomic mass is 10.1. The van der Waals surface area contributed by atoms with Crippen LogP contribution in [0.1, 0.15) is 40.0 Å². The molecule has 0 spiro atoms. The van der Waals surface area contributed by atoms with Crippen LogP contribution in [0.3, 0.4) is 0 Å². The van der Waals surface area contributed by atoms with Crippen molar-refractivity contribution in [1.82, 2.24) is 23.6 Å². The number of fused-ring (bicyclic) bond motifs is 3. The van der Waals surface area contributed by atoms with Crippen molar-refractivity contribution < 1.29 is 8.42 Å². The number of benzene rings is 1. The number of rotatable bonds is 8. The van der Waals surface area contributed by atoms with Crippen molar-refractivity contribution in [3.63, 3.8) is 0 Å². The quantitative estimate of drug-likeness (QED) is 0.464. The Balaban J connectivity index is 1.83. The van der Waals surface area contributed by atoms with E-state index >= 15 is 0 Å². The van der Waals surface area contributed by atoms with Gasteiger partial charge in [0.05, 0.1) is 29.1 Å². The molecule has 2 aromatic heterocycles. The molecule has 0 amide bonds. The first-order chi connectivity index (χ1) is 15.2. The number of hydrogen-bond donors (Lipinski definition) is 0. The fourth-order valence-corrected chi connectivity index (χ4v) is 6.48. The zero-order valence-electron chi connectivity index (χ0n) is 18.9. The van der Waals surface area contributed by atoms with Crippen LogP contribution in [0.4, 0.5) is 0 Å². The molecule has 3 heterocycles. The molecule has 32 heavy (non-hydrogen) atoms. The summed E-state index contributed by atoms with van der Waals surface area (Å²) in [6.07, 6.45) is 2.39. The van der Waals surface area contributed by atoms with E-state index in [0.29, 0.717) is 41.5 Å². The molecule has 174 valence electrons. The summed E-state index contributed by atoms with van der Waals surface area (Å²) in [6, 6.07) is 7.44. The van der Waals surface area contributed by atoms with E-state index in [1.54, 1.807) is 9.25 Å². The molecule has 1 unspecified atom stereocenters. The van der Waals surface area contributed by atoms with Crippen molar-refractivity contribution >= 4 is 38.7 Å². The summed E-state index contributed by atoms with van der Waals surface area (Å²) in [5, 5.41) is 5.40. The maximum Gasteiger partial charge on any atom is 0.262 e. The Kier molecular flexibility index (Phi) is 6.56. The van der Waals surface area contributed by atoms with Crippen molar-refractivity contribution in [2.24, 2.45) is 5.92 Å². The molecular weight excluding hydrogens is 446 g/mol. The van der Waals surface area contributed by atoms with E-state index in [9.17, 15) is 13.2 Å². The van der Waals surface area contributed by atoms with Crippen LogP contribution in [0, 0.1) is 10.7 Å². The van der Waals surface area contributed by atoms with Gasteiger partial charge in [-0.05, 0) is 56.1 Å². The van der Waals surface area contributed by atoms with Crippen LogP contribution in [-0.4, -0.2) is 56.2 Å². The van der Waals surface area contributed by atoms with Gasteiger partial charge in [0.25, 0.3) is 5.56 Å². The second kappa shape index (κ2) is 9.07. The van der Waals surface area contributed by atoms with Gasteiger partial charge in [-0.3, -0.25) is 18.7 Å². The number of aryl methyl sites for hydroxylation is 1. The second-order valence-corrected chi connectivity index (χ2v) is 11.7. The summed E-state index contributed by atoms with van der Waals surface area (Å²) < 4.78 is 30.0. The number of aromatic nitrogens is 4. The number of sulfone groups is 1. The molecule has 10 heteroatoms. The molecular formula is C22H31N5O3S2. The molecule has 1 aliphatic heterocycles. The van der Waals surface area contributed by atoms with Crippen molar-refractivity contribution in [2.45, 2.75) is 59.3 Å². The molecule has 0 aliphatic carbocycles. The van der Waals surface area contributed by atoms with Gasteiger partial charge in [-0.15, -0.1) is 5.10 Å². The monoisotopic (exact) mass is 477 g/mol. The minimum atomic E-state index is -2.99. The smallest absolute Gasteiger partial charge is 0.262 e. The highest BCUT2D eigenvalue weighted by Gasteiger charge is 2.32.